The van der Waals surface area contributed by atoms with Gasteiger partial charge in [0.25, 0.3) is 11.4 Å². The van der Waals surface area contributed by atoms with Crippen molar-refractivity contribution in [2.75, 3.05) is 0 Å². The summed E-state index contributed by atoms with van der Waals surface area (Å²) in [5, 5.41) is 9.99. The molecule has 0 aliphatic carbocycles. The van der Waals surface area contributed by atoms with Gasteiger partial charge >= 0.3 is 0 Å². The van der Waals surface area contributed by atoms with E-state index in [0.29, 0.717) is 28.0 Å². The van der Waals surface area contributed by atoms with Crippen molar-refractivity contribution < 1.29 is 4.52 Å². The first-order valence-electron chi connectivity index (χ1n) is 9.61. The number of benzene rings is 3. The maximum atomic E-state index is 13.1. The zero-order chi connectivity index (χ0) is 20.7. The van der Waals surface area contributed by atoms with E-state index in [2.05, 4.69) is 15.2 Å². The molecule has 146 valence electrons. The quantitative estimate of drug-likeness (QED) is 0.443. The third-order valence-electron chi connectivity index (χ3n) is 5.07. The summed E-state index contributed by atoms with van der Waals surface area (Å²) in [5.41, 5.74) is 3.94. The third-order valence-corrected chi connectivity index (χ3v) is 5.07. The molecule has 0 aliphatic heterocycles. The molecule has 0 amide bonds. The van der Waals surface area contributed by atoms with E-state index in [1.807, 2.05) is 80.6 Å². The number of fused-ring (bicyclic) bond motifs is 1. The first-order chi connectivity index (χ1) is 14.6. The fourth-order valence-corrected chi connectivity index (χ4v) is 3.54. The topological polar surface area (TPSA) is 73.8 Å². The molecule has 2 aromatic heterocycles. The molecule has 0 aliphatic rings. The van der Waals surface area contributed by atoms with Crippen molar-refractivity contribution in [3.8, 4) is 28.7 Å². The lowest BCUT2D eigenvalue weighted by atomic mass is 10.1. The predicted molar refractivity (Wildman–Crippen MR) is 116 cm³/mol. The van der Waals surface area contributed by atoms with E-state index in [1.54, 1.807) is 6.07 Å². The molecule has 30 heavy (non-hydrogen) atoms. The van der Waals surface area contributed by atoms with Gasteiger partial charge in [0.2, 0.25) is 5.82 Å². The first-order valence-corrected chi connectivity index (χ1v) is 9.61. The van der Waals surface area contributed by atoms with Crippen LogP contribution >= 0.6 is 0 Å². The second-order valence-electron chi connectivity index (χ2n) is 7.19. The monoisotopic (exact) mass is 394 g/mol. The zero-order valence-electron chi connectivity index (χ0n) is 16.5. The molecule has 0 spiro atoms. The van der Waals surface area contributed by atoms with Gasteiger partial charge < -0.3 is 4.52 Å². The minimum atomic E-state index is -0.196. The van der Waals surface area contributed by atoms with E-state index >= 15 is 0 Å². The lowest BCUT2D eigenvalue weighted by Gasteiger charge is -2.09. The number of aromatic nitrogens is 4. The molecule has 0 radical (unpaired) electrons. The Morgan fingerprint density at radius 2 is 1.63 bits per heavy atom. The first kappa shape index (κ1) is 18.0. The molecule has 6 heteroatoms. The summed E-state index contributed by atoms with van der Waals surface area (Å²) in [5.74, 6) is 0.758. The van der Waals surface area contributed by atoms with E-state index < -0.39 is 0 Å². The number of rotatable bonds is 3. The third kappa shape index (κ3) is 2.99. The highest BCUT2D eigenvalue weighted by molar-refractivity contribution is 5.92. The van der Waals surface area contributed by atoms with E-state index in [1.165, 1.54) is 4.68 Å². The maximum absolute atomic E-state index is 13.1. The van der Waals surface area contributed by atoms with Gasteiger partial charge in [-0.25, -0.2) is 0 Å². The normalized spacial score (nSPS) is 11.1. The molecule has 3 aromatic carbocycles. The van der Waals surface area contributed by atoms with Gasteiger partial charge in [-0.15, -0.1) is 0 Å². The highest BCUT2D eigenvalue weighted by Gasteiger charge is 2.19. The molecule has 0 bridgehead atoms. The van der Waals surface area contributed by atoms with Crippen LogP contribution in [0.5, 0.6) is 0 Å². The second-order valence-corrected chi connectivity index (χ2v) is 7.19. The Bertz CT molecular complexity index is 1450. The van der Waals surface area contributed by atoms with E-state index in [4.69, 9.17) is 4.52 Å². The zero-order valence-corrected chi connectivity index (χ0v) is 16.5. The lowest BCUT2D eigenvalue weighted by Crippen LogP contribution is -2.22. The highest BCUT2D eigenvalue weighted by Crippen LogP contribution is 2.27. The van der Waals surface area contributed by atoms with Crippen molar-refractivity contribution in [2.45, 2.75) is 13.8 Å². The summed E-state index contributed by atoms with van der Waals surface area (Å²) in [4.78, 5) is 17.7. The number of nitrogens with zero attached hydrogens (tertiary/aromatic N) is 4. The summed E-state index contributed by atoms with van der Waals surface area (Å²) in [7, 11) is 0. The Labute approximate surface area is 172 Å². The van der Waals surface area contributed by atoms with Gasteiger partial charge in [0.1, 0.15) is 0 Å². The molecule has 0 unspecified atom stereocenters. The Hall–Kier alpha value is -4.06. The Morgan fingerprint density at radius 1 is 0.867 bits per heavy atom. The number of aryl methyl sites for hydroxylation is 2. The van der Waals surface area contributed by atoms with E-state index in [0.717, 1.165) is 16.7 Å². The minimum absolute atomic E-state index is 0.196. The minimum Gasteiger partial charge on any atom is -0.332 e. The van der Waals surface area contributed by atoms with Gasteiger partial charge in [0.05, 0.1) is 11.1 Å². The molecule has 2 heterocycles. The van der Waals surface area contributed by atoms with Gasteiger partial charge in [-0.05, 0) is 43.2 Å². The molecule has 0 saturated heterocycles. The standard InChI is InChI=1S/C24H18N4O2/c1-15-8-7-10-17(14-15)28-24(29)20-13-6-5-12-19(20)21(26-28)23-25-22(27-30-23)18-11-4-3-9-16(18)2/h3-14H,1-2H3. The second kappa shape index (κ2) is 7.08. The molecule has 0 saturated carbocycles. The number of hydrogen-bond acceptors (Lipinski definition) is 5. The predicted octanol–water partition coefficient (Wildman–Crippen LogP) is 4.72. The molecule has 0 atom stereocenters. The average molecular weight is 394 g/mol. The Morgan fingerprint density at radius 3 is 2.43 bits per heavy atom. The smallest absolute Gasteiger partial charge is 0.279 e. The van der Waals surface area contributed by atoms with Gasteiger partial charge in [-0.2, -0.15) is 14.8 Å². The molecule has 5 rings (SSSR count). The Kier molecular flexibility index (Phi) is 4.25. The molecule has 0 N–H and O–H groups in total. The van der Waals surface area contributed by atoms with Crippen LogP contribution in [0.25, 0.3) is 39.4 Å². The van der Waals surface area contributed by atoms with E-state index in [9.17, 15) is 4.79 Å². The number of hydrogen-bond donors (Lipinski definition) is 0. The molecular formula is C24H18N4O2. The largest absolute Gasteiger partial charge is 0.332 e. The molecular weight excluding hydrogens is 376 g/mol. The van der Waals surface area contributed by atoms with Crippen LogP contribution in [-0.2, 0) is 0 Å². The van der Waals surface area contributed by atoms with Crippen molar-refractivity contribution in [3.63, 3.8) is 0 Å². The molecule has 6 nitrogen and oxygen atoms in total. The van der Waals surface area contributed by atoms with Gasteiger partial charge in [-0.3, -0.25) is 4.79 Å². The SMILES string of the molecule is Cc1cccc(-n2nc(-c3nc(-c4ccccc4C)no3)c3ccccc3c2=O)c1. The fraction of sp³-hybridized carbons (Fsp3) is 0.0833. The fourth-order valence-electron chi connectivity index (χ4n) is 3.54. The molecule has 5 aromatic rings. The van der Waals surface area contributed by atoms with Crippen molar-refractivity contribution in [1.29, 1.82) is 0 Å². The van der Waals surface area contributed by atoms with Crippen LogP contribution in [0.1, 0.15) is 11.1 Å². The van der Waals surface area contributed by atoms with Crippen LogP contribution in [0, 0.1) is 13.8 Å². The lowest BCUT2D eigenvalue weighted by molar-refractivity contribution is 0.430. The van der Waals surface area contributed by atoms with Crippen LogP contribution in [0.4, 0.5) is 0 Å². The summed E-state index contributed by atoms with van der Waals surface area (Å²) >= 11 is 0. The van der Waals surface area contributed by atoms with Gasteiger partial charge in [0, 0.05) is 10.9 Å². The average Bonchev–Trinajstić information content (AvgIpc) is 3.24. The van der Waals surface area contributed by atoms with Crippen molar-refractivity contribution in [3.05, 3.63) is 94.3 Å². The summed E-state index contributed by atoms with van der Waals surface area (Å²) in [6, 6.07) is 22.8. The van der Waals surface area contributed by atoms with Crippen molar-refractivity contribution in [2.24, 2.45) is 0 Å². The van der Waals surface area contributed by atoms with E-state index in [-0.39, 0.29) is 11.4 Å². The van der Waals surface area contributed by atoms with Crippen LogP contribution < -0.4 is 5.56 Å². The summed E-state index contributed by atoms with van der Waals surface area (Å²) in [6.45, 7) is 3.97. The molecule has 0 fully saturated rings. The van der Waals surface area contributed by atoms with Gasteiger partial charge in [-0.1, -0.05) is 59.8 Å². The summed E-state index contributed by atoms with van der Waals surface area (Å²) in [6.07, 6.45) is 0. The van der Waals surface area contributed by atoms with Crippen LogP contribution in [0.3, 0.4) is 0 Å². The maximum Gasteiger partial charge on any atom is 0.279 e. The summed E-state index contributed by atoms with van der Waals surface area (Å²) < 4.78 is 6.97. The Balaban J connectivity index is 1.75. The van der Waals surface area contributed by atoms with Crippen molar-refractivity contribution in [1.82, 2.24) is 19.9 Å². The van der Waals surface area contributed by atoms with Crippen LogP contribution in [0.2, 0.25) is 0 Å². The highest BCUT2D eigenvalue weighted by atomic mass is 16.5. The van der Waals surface area contributed by atoms with Crippen molar-refractivity contribution >= 4 is 10.8 Å². The van der Waals surface area contributed by atoms with Crippen LogP contribution in [0.15, 0.2) is 82.1 Å². The van der Waals surface area contributed by atoms with Gasteiger partial charge in [0.15, 0.2) is 5.69 Å². The van der Waals surface area contributed by atoms with Crippen LogP contribution in [-0.4, -0.2) is 19.9 Å².